The van der Waals surface area contributed by atoms with Crippen molar-refractivity contribution in [2.75, 3.05) is 14.2 Å². The quantitative estimate of drug-likeness (QED) is 0.846. The number of amides is 1. The predicted octanol–water partition coefficient (Wildman–Crippen LogP) is 3.33. The molecule has 2 heterocycles. The summed E-state index contributed by atoms with van der Waals surface area (Å²) in [6.45, 7) is 4.27. The third-order valence-corrected chi connectivity index (χ3v) is 3.69. The van der Waals surface area contributed by atoms with Crippen LogP contribution in [-0.2, 0) is 6.54 Å². The minimum absolute atomic E-state index is 0.193. The molecule has 0 saturated heterocycles. The molecule has 112 valence electrons. The number of nitrogens with zero attached hydrogens (tertiary/aromatic N) is 2. The van der Waals surface area contributed by atoms with Crippen molar-refractivity contribution in [3.63, 3.8) is 0 Å². The first-order valence-corrected chi connectivity index (χ1v) is 7.23. The molecule has 0 spiro atoms. The molecule has 6 heteroatoms. The van der Waals surface area contributed by atoms with E-state index < -0.39 is 0 Å². The third kappa shape index (κ3) is 3.26. The van der Waals surface area contributed by atoms with Crippen molar-refractivity contribution in [1.82, 2.24) is 9.88 Å². The molecule has 2 rings (SSSR count). The monoisotopic (exact) mass is 352 g/mol. The molecule has 0 saturated carbocycles. The molecule has 2 aromatic heterocycles. The van der Waals surface area contributed by atoms with Crippen molar-refractivity contribution in [2.45, 2.75) is 20.4 Å². The minimum Gasteiger partial charge on any atom is -0.496 e. The second kappa shape index (κ2) is 6.30. The fraction of sp³-hybridized carbons (Fsp3) is 0.333. The number of halogens is 1. The average molecular weight is 353 g/mol. The topological polar surface area (TPSA) is 55.6 Å². The Bertz CT molecular complexity index is 667. The van der Waals surface area contributed by atoms with Gasteiger partial charge >= 0.3 is 0 Å². The van der Waals surface area contributed by atoms with Crippen LogP contribution in [0.4, 0.5) is 0 Å². The van der Waals surface area contributed by atoms with E-state index in [1.54, 1.807) is 37.4 Å². The molecule has 0 atom stereocenters. The van der Waals surface area contributed by atoms with Crippen LogP contribution < -0.4 is 4.74 Å². The van der Waals surface area contributed by atoms with Gasteiger partial charge in [0, 0.05) is 24.4 Å². The summed E-state index contributed by atoms with van der Waals surface area (Å²) < 4.78 is 11.2. The molecule has 0 unspecified atom stereocenters. The summed E-state index contributed by atoms with van der Waals surface area (Å²) in [6, 6.07) is 3.33. The average Bonchev–Trinajstić information content (AvgIpc) is 2.88. The highest BCUT2D eigenvalue weighted by Gasteiger charge is 2.18. The molecule has 0 fully saturated rings. The lowest BCUT2D eigenvalue weighted by atomic mass is 10.1. The van der Waals surface area contributed by atoms with Gasteiger partial charge in [-0.2, -0.15) is 0 Å². The zero-order valence-corrected chi connectivity index (χ0v) is 14.0. The summed E-state index contributed by atoms with van der Waals surface area (Å²) in [4.78, 5) is 18.2. The molecular formula is C15H17BrN2O3. The van der Waals surface area contributed by atoms with Gasteiger partial charge < -0.3 is 14.1 Å². The summed E-state index contributed by atoms with van der Waals surface area (Å²) >= 11 is 3.19. The molecule has 1 amide bonds. The third-order valence-electron chi connectivity index (χ3n) is 3.27. The van der Waals surface area contributed by atoms with Crippen LogP contribution in [0, 0.1) is 13.8 Å². The fourth-order valence-corrected chi connectivity index (χ4v) is 2.45. The van der Waals surface area contributed by atoms with E-state index in [0.29, 0.717) is 17.0 Å². The zero-order chi connectivity index (χ0) is 15.6. The molecule has 0 aromatic carbocycles. The predicted molar refractivity (Wildman–Crippen MR) is 82.5 cm³/mol. The highest BCUT2D eigenvalue weighted by atomic mass is 79.9. The van der Waals surface area contributed by atoms with Gasteiger partial charge in [0.1, 0.15) is 5.75 Å². The number of methoxy groups -OCH3 is 1. The van der Waals surface area contributed by atoms with Crippen LogP contribution in [0.25, 0.3) is 0 Å². The van der Waals surface area contributed by atoms with Gasteiger partial charge in [-0.05, 0) is 41.9 Å². The Morgan fingerprint density at radius 2 is 2.14 bits per heavy atom. The van der Waals surface area contributed by atoms with Crippen molar-refractivity contribution < 1.29 is 13.9 Å². The number of aromatic nitrogens is 1. The number of hydrogen-bond acceptors (Lipinski definition) is 4. The Balaban J connectivity index is 2.20. The standard InChI is InChI=1S/C15H17BrN2O3/c1-9-7-17-11(10(2)14(9)20-4)8-18(3)15(19)12-5-6-13(16)21-12/h5-7H,8H2,1-4H3. The van der Waals surface area contributed by atoms with Crippen molar-refractivity contribution in [3.05, 3.63) is 45.6 Å². The van der Waals surface area contributed by atoms with E-state index in [0.717, 1.165) is 22.6 Å². The van der Waals surface area contributed by atoms with Crippen LogP contribution in [0.5, 0.6) is 5.75 Å². The Kier molecular flexibility index (Phi) is 4.67. The van der Waals surface area contributed by atoms with Crippen molar-refractivity contribution in [1.29, 1.82) is 0 Å². The van der Waals surface area contributed by atoms with Crippen LogP contribution in [0.1, 0.15) is 27.4 Å². The van der Waals surface area contributed by atoms with Gasteiger partial charge in [-0.15, -0.1) is 0 Å². The van der Waals surface area contributed by atoms with Crippen LogP contribution in [0.3, 0.4) is 0 Å². The van der Waals surface area contributed by atoms with Gasteiger partial charge in [0.05, 0.1) is 19.3 Å². The number of carbonyl (C=O) groups is 1. The van der Waals surface area contributed by atoms with Crippen LogP contribution in [0.2, 0.25) is 0 Å². The first kappa shape index (κ1) is 15.6. The van der Waals surface area contributed by atoms with E-state index in [-0.39, 0.29) is 5.91 Å². The largest absolute Gasteiger partial charge is 0.496 e. The number of carbonyl (C=O) groups excluding carboxylic acids is 1. The lowest BCUT2D eigenvalue weighted by Gasteiger charge is -2.18. The van der Waals surface area contributed by atoms with E-state index in [1.807, 2.05) is 13.8 Å². The summed E-state index contributed by atoms with van der Waals surface area (Å²) in [5.41, 5.74) is 2.72. The number of furan rings is 1. The summed E-state index contributed by atoms with van der Waals surface area (Å²) in [5, 5.41) is 0. The van der Waals surface area contributed by atoms with Crippen LogP contribution in [-0.4, -0.2) is 29.9 Å². The summed E-state index contributed by atoms with van der Waals surface area (Å²) in [6.07, 6.45) is 1.75. The molecule has 2 aromatic rings. The van der Waals surface area contributed by atoms with Gasteiger partial charge in [-0.3, -0.25) is 9.78 Å². The van der Waals surface area contributed by atoms with Crippen molar-refractivity contribution >= 4 is 21.8 Å². The molecule has 0 N–H and O–H groups in total. The van der Waals surface area contributed by atoms with E-state index in [4.69, 9.17) is 9.15 Å². The number of hydrogen-bond donors (Lipinski definition) is 0. The molecule has 0 aliphatic heterocycles. The fourth-order valence-electron chi connectivity index (χ4n) is 2.14. The maximum atomic E-state index is 12.2. The Hall–Kier alpha value is -1.82. The molecule has 0 bridgehead atoms. The van der Waals surface area contributed by atoms with Gasteiger partial charge in [-0.1, -0.05) is 0 Å². The Morgan fingerprint density at radius 1 is 1.43 bits per heavy atom. The number of ether oxygens (including phenoxy) is 1. The summed E-state index contributed by atoms with van der Waals surface area (Å²) in [5.74, 6) is 0.907. The minimum atomic E-state index is -0.193. The second-order valence-electron chi connectivity index (χ2n) is 4.81. The van der Waals surface area contributed by atoms with Crippen molar-refractivity contribution in [3.8, 4) is 5.75 Å². The van der Waals surface area contributed by atoms with Crippen molar-refractivity contribution in [2.24, 2.45) is 0 Å². The number of pyridine rings is 1. The SMILES string of the molecule is COc1c(C)cnc(CN(C)C(=O)c2ccc(Br)o2)c1C. The highest BCUT2D eigenvalue weighted by molar-refractivity contribution is 9.10. The van der Waals surface area contributed by atoms with Gasteiger partial charge in [-0.25, -0.2) is 0 Å². The molecule has 5 nitrogen and oxygen atoms in total. The van der Waals surface area contributed by atoms with Gasteiger partial charge in [0.15, 0.2) is 10.4 Å². The van der Waals surface area contributed by atoms with Crippen LogP contribution in [0.15, 0.2) is 27.4 Å². The van der Waals surface area contributed by atoms with E-state index >= 15 is 0 Å². The Labute approximate surface area is 132 Å². The Morgan fingerprint density at radius 3 is 2.71 bits per heavy atom. The van der Waals surface area contributed by atoms with E-state index in [2.05, 4.69) is 20.9 Å². The lowest BCUT2D eigenvalue weighted by molar-refractivity contribution is 0.0750. The van der Waals surface area contributed by atoms with Crippen LogP contribution >= 0.6 is 15.9 Å². The zero-order valence-electron chi connectivity index (χ0n) is 12.4. The first-order valence-electron chi connectivity index (χ1n) is 6.44. The first-order chi connectivity index (χ1) is 9.93. The lowest BCUT2D eigenvalue weighted by Crippen LogP contribution is -2.26. The maximum absolute atomic E-state index is 12.2. The van der Waals surface area contributed by atoms with Gasteiger partial charge in [0.2, 0.25) is 0 Å². The highest BCUT2D eigenvalue weighted by Crippen LogP contribution is 2.25. The molecular weight excluding hydrogens is 336 g/mol. The normalized spacial score (nSPS) is 10.5. The second-order valence-corrected chi connectivity index (χ2v) is 5.59. The number of aryl methyl sites for hydroxylation is 1. The molecule has 0 aliphatic rings. The number of rotatable bonds is 4. The molecule has 21 heavy (non-hydrogen) atoms. The molecule has 0 radical (unpaired) electrons. The van der Waals surface area contributed by atoms with E-state index in [1.165, 1.54) is 0 Å². The van der Waals surface area contributed by atoms with Gasteiger partial charge in [0.25, 0.3) is 5.91 Å². The maximum Gasteiger partial charge on any atom is 0.289 e. The molecule has 0 aliphatic carbocycles. The smallest absolute Gasteiger partial charge is 0.289 e. The van der Waals surface area contributed by atoms with E-state index in [9.17, 15) is 4.79 Å². The summed E-state index contributed by atoms with van der Waals surface area (Å²) in [7, 11) is 3.35.